The second-order valence-electron chi connectivity index (χ2n) is 4.25. The van der Waals surface area contributed by atoms with E-state index >= 15 is 0 Å². The molecule has 0 fully saturated rings. The average Bonchev–Trinajstić information content (AvgIpc) is 2.88. The number of imidazole rings is 1. The van der Waals surface area contributed by atoms with Gasteiger partial charge in [-0.15, -0.1) is 0 Å². The van der Waals surface area contributed by atoms with Crippen molar-refractivity contribution in [3.63, 3.8) is 0 Å². The van der Waals surface area contributed by atoms with Crippen molar-refractivity contribution in [2.75, 3.05) is 5.32 Å². The van der Waals surface area contributed by atoms with Crippen molar-refractivity contribution in [1.82, 2.24) is 19.4 Å². The highest BCUT2D eigenvalue weighted by molar-refractivity contribution is 6.03. The number of carboxylic acid groups (broad SMARTS) is 1. The van der Waals surface area contributed by atoms with E-state index in [0.717, 1.165) is 11.3 Å². The highest BCUT2D eigenvalue weighted by Gasteiger charge is 2.07. The summed E-state index contributed by atoms with van der Waals surface area (Å²) < 4.78 is 1.87. The molecule has 0 bridgehead atoms. The van der Waals surface area contributed by atoms with Gasteiger partial charge in [0.25, 0.3) is 12.4 Å². The molecule has 3 aromatic heterocycles. The third-order valence-corrected chi connectivity index (χ3v) is 2.65. The maximum absolute atomic E-state index is 11.9. The zero-order valence-corrected chi connectivity index (χ0v) is 11.7. The Balaban J connectivity index is 0.000000545. The fourth-order valence-electron chi connectivity index (χ4n) is 1.81. The van der Waals surface area contributed by atoms with Crippen LogP contribution in [-0.4, -0.2) is 36.8 Å². The van der Waals surface area contributed by atoms with Crippen LogP contribution in [-0.2, 0) is 4.79 Å². The molecule has 0 saturated carbocycles. The van der Waals surface area contributed by atoms with Gasteiger partial charge in [0, 0.05) is 24.8 Å². The van der Waals surface area contributed by atoms with Crippen molar-refractivity contribution >= 4 is 23.7 Å². The quantitative estimate of drug-likeness (QED) is 0.692. The van der Waals surface area contributed by atoms with Crippen molar-refractivity contribution in [2.24, 2.45) is 0 Å². The summed E-state index contributed by atoms with van der Waals surface area (Å²) in [6.07, 6.45) is 8.05. The lowest BCUT2D eigenvalue weighted by atomic mass is 10.3. The summed E-state index contributed by atoms with van der Waals surface area (Å²) in [5.41, 5.74) is 2.89. The number of aryl methyl sites for hydroxylation is 1. The number of aromatic nitrogens is 4. The maximum atomic E-state index is 11.9. The molecule has 2 N–H and O–H groups in total. The third-order valence-electron chi connectivity index (χ3n) is 2.65. The van der Waals surface area contributed by atoms with E-state index in [4.69, 9.17) is 9.90 Å². The van der Waals surface area contributed by atoms with Gasteiger partial charge in [-0.3, -0.25) is 9.59 Å². The number of nitrogens with one attached hydrogen (secondary N) is 1. The Labute approximate surface area is 125 Å². The minimum Gasteiger partial charge on any atom is -0.483 e. The van der Waals surface area contributed by atoms with Crippen LogP contribution in [0.4, 0.5) is 5.69 Å². The van der Waals surface area contributed by atoms with Crippen LogP contribution in [0.5, 0.6) is 0 Å². The number of carbonyl (C=O) groups is 2. The Morgan fingerprint density at radius 3 is 2.64 bits per heavy atom. The molecule has 0 spiro atoms. The van der Waals surface area contributed by atoms with Gasteiger partial charge in [0.1, 0.15) is 12.0 Å². The van der Waals surface area contributed by atoms with Gasteiger partial charge in [0.05, 0.1) is 16.9 Å². The Morgan fingerprint density at radius 1 is 1.27 bits per heavy atom. The number of anilines is 1. The van der Waals surface area contributed by atoms with Gasteiger partial charge in [0.2, 0.25) is 0 Å². The molecule has 8 heteroatoms. The Morgan fingerprint density at radius 2 is 1.95 bits per heavy atom. The van der Waals surface area contributed by atoms with E-state index in [2.05, 4.69) is 20.3 Å². The number of hydrogen-bond acceptors (Lipinski definition) is 5. The van der Waals surface area contributed by atoms with Crippen LogP contribution in [0, 0.1) is 6.92 Å². The monoisotopic (exact) mass is 299 g/mol. The first-order valence-corrected chi connectivity index (χ1v) is 6.23. The number of nitrogens with zero attached hydrogens (tertiary/aromatic N) is 4. The van der Waals surface area contributed by atoms with Crippen LogP contribution >= 0.6 is 0 Å². The third kappa shape index (κ3) is 3.63. The highest BCUT2D eigenvalue weighted by Crippen LogP contribution is 2.12. The lowest BCUT2D eigenvalue weighted by molar-refractivity contribution is -0.122. The molecule has 112 valence electrons. The van der Waals surface area contributed by atoms with Gasteiger partial charge < -0.3 is 14.8 Å². The first kappa shape index (κ1) is 15.1. The van der Waals surface area contributed by atoms with E-state index in [-0.39, 0.29) is 12.4 Å². The van der Waals surface area contributed by atoms with Crippen LogP contribution in [0.25, 0.3) is 5.65 Å². The molecule has 3 rings (SSSR count). The predicted octanol–water partition coefficient (Wildman–Crippen LogP) is 1.39. The normalized spacial score (nSPS) is 9.68. The Kier molecular flexibility index (Phi) is 4.76. The zero-order chi connectivity index (χ0) is 15.9. The number of pyridine rings is 1. The molecule has 8 nitrogen and oxygen atoms in total. The van der Waals surface area contributed by atoms with E-state index in [9.17, 15) is 4.79 Å². The molecule has 0 unspecified atom stereocenters. The number of fused-ring (bicyclic) bond motifs is 1. The van der Waals surface area contributed by atoms with Crippen LogP contribution < -0.4 is 5.32 Å². The minimum atomic E-state index is -0.250. The molecule has 1 amide bonds. The predicted molar refractivity (Wildman–Crippen MR) is 78.6 cm³/mol. The molecule has 0 saturated heterocycles. The summed E-state index contributed by atoms with van der Waals surface area (Å²) in [6, 6.07) is 3.66. The van der Waals surface area contributed by atoms with Crippen LogP contribution in [0.1, 0.15) is 16.1 Å². The topological polar surface area (TPSA) is 109 Å². The summed E-state index contributed by atoms with van der Waals surface area (Å²) in [7, 11) is 0. The molecular weight excluding hydrogens is 286 g/mol. The second kappa shape index (κ2) is 6.93. The van der Waals surface area contributed by atoms with Crippen molar-refractivity contribution < 1.29 is 14.7 Å². The highest BCUT2D eigenvalue weighted by atomic mass is 16.3. The molecule has 0 aromatic carbocycles. The fourth-order valence-corrected chi connectivity index (χ4v) is 1.81. The van der Waals surface area contributed by atoms with Gasteiger partial charge >= 0.3 is 0 Å². The van der Waals surface area contributed by atoms with E-state index in [0.29, 0.717) is 11.3 Å². The molecule has 3 aromatic rings. The summed E-state index contributed by atoms with van der Waals surface area (Å²) in [4.78, 5) is 32.2. The van der Waals surface area contributed by atoms with Gasteiger partial charge in [0.15, 0.2) is 0 Å². The van der Waals surface area contributed by atoms with Crippen LogP contribution in [0.15, 0.2) is 43.2 Å². The molecule has 3 heterocycles. The summed E-state index contributed by atoms with van der Waals surface area (Å²) in [5.74, 6) is -0.239. The summed E-state index contributed by atoms with van der Waals surface area (Å²) >= 11 is 0. The number of carbonyl (C=O) groups excluding carboxylic acids is 1. The molecule has 22 heavy (non-hydrogen) atoms. The molecular formula is C14H13N5O3. The van der Waals surface area contributed by atoms with Crippen molar-refractivity contribution in [2.45, 2.75) is 6.92 Å². The first-order valence-electron chi connectivity index (χ1n) is 6.23. The number of hydrogen-bond donors (Lipinski definition) is 2. The lowest BCUT2D eigenvalue weighted by Crippen LogP contribution is -2.12. The lowest BCUT2D eigenvalue weighted by Gasteiger charge is -2.05. The van der Waals surface area contributed by atoms with Gasteiger partial charge in [-0.25, -0.2) is 15.0 Å². The van der Waals surface area contributed by atoms with E-state index in [1.54, 1.807) is 0 Å². The van der Waals surface area contributed by atoms with E-state index in [1.807, 2.05) is 35.9 Å². The zero-order valence-electron chi connectivity index (χ0n) is 11.7. The molecule has 0 aliphatic heterocycles. The smallest absolute Gasteiger partial charge is 0.290 e. The largest absolute Gasteiger partial charge is 0.483 e. The SMILES string of the molecule is Cc1cn2cc(NC(=O)c3cncnc3)ccc2n1.O=CO. The second-order valence-corrected chi connectivity index (χ2v) is 4.25. The van der Waals surface area contributed by atoms with Crippen molar-refractivity contribution in [3.8, 4) is 0 Å². The standard InChI is InChI=1S/C13H11N5O.CH2O2/c1-9-6-18-7-11(2-3-12(18)16-9)17-13(19)10-4-14-8-15-5-10;2-1-3/h2-8H,1H3,(H,17,19);1H,(H,2,3). The van der Waals surface area contributed by atoms with Gasteiger partial charge in [-0.05, 0) is 19.1 Å². The van der Waals surface area contributed by atoms with E-state index in [1.165, 1.54) is 18.7 Å². The maximum Gasteiger partial charge on any atom is 0.290 e. The first-order chi connectivity index (χ1) is 10.6. The van der Waals surface area contributed by atoms with Crippen molar-refractivity contribution in [3.05, 3.63) is 54.5 Å². The average molecular weight is 299 g/mol. The molecule has 0 atom stereocenters. The molecule has 0 aliphatic rings. The summed E-state index contributed by atoms with van der Waals surface area (Å²) in [6.45, 7) is 1.67. The summed E-state index contributed by atoms with van der Waals surface area (Å²) in [5, 5.41) is 9.68. The van der Waals surface area contributed by atoms with Gasteiger partial charge in [-0.1, -0.05) is 0 Å². The molecule has 0 aliphatic carbocycles. The fraction of sp³-hybridized carbons (Fsp3) is 0.0714. The van der Waals surface area contributed by atoms with Crippen molar-refractivity contribution in [1.29, 1.82) is 0 Å². The minimum absolute atomic E-state index is 0.239. The molecule has 0 radical (unpaired) electrons. The number of amides is 1. The van der Waals surface area contributed by atoms with Gasteiger partial charge in [-0.2, -0.15) is 0 Å². The van der Waals surface area contributed by atoms with Crippen LogP contribution in [0.2, 0.25) is 0 Å². The Hall–Kier alpha value is -3.29. The van der Waals surface area contributed by atoms with E-state index < -0.39 is 0 Å². The Bertz CT molecular complexity index is 786. The van der Waals surface area contributed by atoms with Crippen LogP contribution in [0.3, 0.4) is 0 Å². The number of rotatable bonds is 2.